The van der Waals surface area contributed by atoms with Crippen LogP contribution in [0.5, 0.6) is 11.5 Å². The molecule has 0 saturated carbocycles. The van der Waals surface area contributed by atoms with Gasteiger partial charge in [-0.05, 0) is 44.0 Å². The zero-order valence-corrected chi connectivity index (χ0v) is 16.3. The molecule has 1 aliphatic heterocycles. The van der Waals surface area contributed by atoms with E-state index in [9.17, 15) is 0 Å². The van der Waals surface area contributed by atoms with Crippen LogP contribution in [0.25, 0.3) is 0 Å². The Morgan fingerprint density at radius 1 is 0.857 bits per heavy atom. The van der Waals surface area contributed by atoms with E-state index in [1.54, 1.807) is 0 Å². The predicted octanol–water partition coefficient (Wildman–Crippen LogP) is 5.70. The second-order valence-electron chi connectivity index (χ2n) is 7.13. The Bertz CT molecular complexity index is 905. The Kier molecular flexibility index (Phi) is 5.71. The van der Waals surface area contributed by atoms with Crippen LogP contribution in [0.4, 0.5) is 17.5 Å². The first kappa shape index (κ1) is 18.3. The third kappa shape index (κ3) is 4.60. The van der Waals surface area contributed by atoms with E-state index in [0.29, 0.717) is 5.95 Å². The average molecular weight is 374 g/mol. The van der Waals surface area contributed by atoms with Crippen molar-refractivity contribution in [3.8, 4) is 11.5 Å². The number of aromatic nitrogens is 2. The van der Waals surface area contributed by atoms with Gasteiger partial charge in [0.25, 0.3) is 0 Å². The van der Waals surface area contributed by atoms with Crippen molar-refractivity contribution in [2.75, 3.05) is 23.3 Å². The topological polar surface area (TPSA) is 50.3 Å². The van der Waals surface area contributed by atoms with Crippen molar-refractivity contribution in [3.05, 3.63) is 66.4 Å². The van der Waals surface area contributed by atoms with Gasteiger partial charge in [0, 0.05) is 24.8 Å². The Hall–Kier alpha value is -3.08. The summed E-state index contributed by atoms with van der Waals surface area (Å²) in [5.74, 6) is 3.14. The lowest BCUT2D eigenvalue weighted by molar-refractivity contribution is 0.485. The maximum atomic E-state index is 6.05. The Labute approximate surface area is 166 Å². The molecule has 1 saturated heterocycles. The summed E-state index contributed by atoms with van der Waals surface area (Å²) in [5, 5.41) is 3.35. The van der Waals surface area contributed by atoms with Crippen molar-refractivity contribution < 1.29 is 4.74 Å². The maximum absolute atomic E-state index is 6.05. The van der Waals surface area contributed by atoms with Gasteiger partial charge in [0.15, 0.2) is 5.75 Å². The summed E-state index contributed by atoms with van der Waals surface area (Å²) in [6.45, 7) is 4.13. The quantitative estimate of drug-likeness (QED) is 0.621. The molecule has 3 aromatic rings. The number of hydrogen-bond acceptors (Lipinski definition) is 5. The van der Waals surface area contributed by atoms with E-state index in [1.807, 2.05) is 61.5 Å². The van der Waals surface area contributed by atoms with Gasteiger partial charge in [-0.25, -0.2) is 4.98 Å². The maximum Gasteiger partial charge on any atom is 0.229 e. The van der Waals surface area contributed by atoms with Crippen LogP contribution in [0.1, 0.15) is 31.4 Å². The lowest BCUT2D eigenvalue weighted by atomic mass is 10.2. The molecule has 0 aliphatic carbocycles. The van der Waals surface area contributed by atoms with Crippen LogP contribution < -0.4 is 15.0 Å². The van der Waals surface area contributed by atoms with Crippen molar-refractivity contribution in [1.29, 1.82) is 0 Å². The molecule has 0 bridgehead atoms. The van der Waals surface area contributed by atoms with Crippen molar-refractivity contribution in [1.82, 2.24) is 9.97 Å². The molecule has 2 heterocycles. The van der Waals surface area contributed by atoms with Crippen molar-refractivity contribution in [2.45, 2.75) is 32.6 Å². The molecule has 2 aromatic carbocycles. The summed E-state index contributed by atoms with van der Waals surface area (Å²) in [6, 6.07) is 19.7. The van der Waals surface area contributed by atoms with Crippen molar-refractivity contribution >= 4 is 17.5 Å². The van der Waals surface area contributed by atoms with Crippen LogP contribution in [-0.4, -0.2) is 23.1 Å². The highest BCUT2D eigenvalue weighted by Gasteiger charge is 2.14. The first-order valence-corrected chi connectivity index (χ1v) is 9.97. The lowest BCUT2D eigenvalue weighted by Crippen LogP contribution is -2.25. The van der Waals surface area contributed by atoms with Crippen LogP contribution in [0.3, 0.4) is 0 Å². The van der Waals surface area contributed by atoms with Gasteiger partial charge in [0.2, 0.25) is 5.95 Å². The fraction of sp³-hybridized carbons (Fsp3) is 0.304. The number of nitrogens with zero attached hydrogens (tertiary/aromatic N) is 3. The van der Waals surface area contributed by atoms with Crippen molar-refractivity contribution in [2.24, 2.45) is 0 Å². The highest BCUT2D eigenvalue weighted by Crippen LogP contribution is 2.31. The SMILES string of the molecule is Cc1cc(N2CCCCCC2)nc(Nc2ccccc2Oc2ccccc2)n1. The summed E-state index contributed by atoms with van der Waals surface area (Å²) in [4.78, 5) is 11.8. The minimum atomic E-state index is 0.600. The van der Waals surface area contributed by atoms with Gasteiger partial charge >= 0.3 is 0 Å². The molecule has 1 aliphatic rings. The molecule has 0 atom stereocenters. The first-order valence-electron chi connectivity index (χ1n) is 9.97. The predicted molar refractivity (Wildman–Crippen MR) is 114 cm³/mol. The van der Waals surface area contributed by atoms with E-state index < -0.39 is 0 Å². The molecule has 4 rings (SSSR count). The minimum absolute atomic E-state index is 0.600. The molecule has 28 heavy (non-hydrogen) atoms. The molecule has 0 spiro atoms. The molecular formula is C23H26N4O. The number of benzene rings is 2. The highest BCUT2D eigenvalue weighted by molar-refractivity contribution is 5.64. The molecule has 0 unspecified atom stereocenters. The number of para-hydroxylation sites is 3. The van der Waals surface area contributed by atoms with Crippen LogP contribution in [0, 0.1) is 6.92 Å². The monoisotopic (exact) mass is 374 g/mol. The van der Waals surface area contributed by atoms with Gasteiger partial charge in [-0.15, -0.1) is 0 Å². The van der Waals surface area contributed by atoms with Gasteiger partial charge in [0.05, 0.1) is 5.69 Å². The molecule has 0 amide bonds. The summed E-state index contributed by atoms with van der Waals surface area (Å²) < 4.78 is 6.05. The first-order chi connectivity index (χ1) is 13.8. The molecule has 144 valence electrons. The van der Waals surface area contributed by atoms with E-state index >= 15 is 0 Å². The van der Waals surface area contributed by atoms with Crippen LogP contribution in [0.15, 0.2) is 60.7 Å². The highest BCUT2D eigenvalue weighted by atomic mass is 16.5. The summed E-state index contributed by atoms with van der Waals surface area (Å²) in [5.41, 5.74) is 1.80. The third-order valence-corrected chi connectivity index (χ3v) is 4.88. The van der Waals surface area contributed by atoms with Crippen LogP contribution >= 0.6 is 0 Å². The number of rotatable bonds is 5. The summed E-state index contributed by atoms with van der Waals surface area (Å²) >= 11 is 0. The molecule has 1 fully saturated rings. The zero-order chi connectivity index (χ0) is 19.2. The van der Waals surface area contributed by atoms with E-state index in [2.05, 4.69) is 21.3 Å². The molecule has 5 heteroatoms. The Morgan fingerprint density at radius 2 is 1.57 bits per heavy atom. The molecule has 1 N–H and O–H groups in total. The van der Waals surface area contributed by atoms with E-state index in [4.69, 9.17) is 9.72 Å². The number of aryl methyl sites for hydroxylation is 1. The fourth-order valence-corrected chi connectivity index (χ4v) is 3.46. The van der Waals surface area contributed by atoms with Gasteiger partial charge in [-0.2, -0.15) is 4.98 Å². The summed E-state index contributed by atoms with van der Waals surface area (Å²) in [6.07, 6.45) is 5.05. The molecule has 5 nitrogen and oxygen atoms in total. The number of nitrogens with one attached hydrogen (secondary N) is 1. The molecule has 0 radical (unpaired) electrons. The standard InChI is InChI=1S/C23H26N4O/c1-18-17-22(27-15-9-2-3-10-16-27)26-23(24-18)25-20-13-7-8-14-21(20)28-19-11-5-4-6-12-19/h4-8,11-14,17H,2-3,9-10,15-16H2,1H3,(H,24,25,26). The normalized spacial score (nSPS) is 14.4. The zero-order valence-electron chi connectivity index (χ0n) is 16.3. The largest absolute Gasteiger partial charge is 0.455 e. The fourth-order valence-electron chi connectivity index (χ4n) is 3.46. The van der Waals surface area contributed by atoms with Crippen LogP contribution in [0.2, 0.25) is 0 Å². The number of hydrogen-bond donors (Lipinski definition) is 1. The number of anilines is 3. The molecular weight excluding hydrogens is 348 g/mol. The van der Waals surface area contributed by atoms with Crippen molar-refractivity contribution in [3.63, 3.8) is 0 Å². The van der Waals surface area contributed by atoms with Gasteiger partial charge in [-0.1, -0.05) is 43.2 Å². The second-order valence-corrected chi connectivity index (χ2v) is 7.13. The Morgan fingerprint density at radius 3 is 2.36 bits per heavy atom. The second kappa shape index (κ2) is 8.74. The lowest BCUT2D eigenvalue weighted by Gasteiger charge is -2.22. The van der Waals surface area contributed by atoms with Gasteiger partial charge in [0.1, 0.15) is 11.6 Å². The Balaban J connectivity index is 1.57. The third-order valence-electron chi connectivity index (χ3n) is 4.88. The average Bonchev–Trinajstić information content (AvgIpc) is 2.99. The summed E-state index contributed by atoms with van der Waals surface area (Å²) in [7, 11) is 0. The van der Waals surface area contributed by atoms with Crippen LogP contribution in [-0.2, 0) is 0 Å². The van der Waals surface area contributed by atoms with E-state index in [0.717, 1.165) is 41.8 Å². The van der Waals surface area contributed by atoms with E-state index in [-0.39, 0.29) is 0 Å². The number of ether oxygens (including phenoxy) is 1. The van der Waals surface area contributed by atoms with E-state index in [1.165, 1.54) is 25.7 Å². The van der Waals surface area contributed by atoms with Gasteiger partial charge in [-0.3, -0.25) is 0 Å². The smallest absolute Gasteiger partial charge is 0.229 e. The van der Waals surface area contributed by atoms with Gasteiger partial charge < -0.3 is 15.0 Å². The minimum Gasteiger partial charge on any atom is -0.455 e. The molecule has 1 aromatic heterocycles.